The summed E-state index contributed by atoms with van der Waals surface area (Å²) in [6, 6.07) is 16.0. The minimum absolute atomic E-state index is 0.0530. The van der Waals surface area contributed by atoms with Gasteiger partial charge in [0.15, 0.2) is 0 Å². The molecule has 0 aromatic heterocycles. The molecule has 0 aliphatic carbocycles. The van der Waals surface area contributed by atoms with Crippen LogP contribution in [0.1, 0.15) is 17.5 Å². The van der Waals surface area contributed by atoms with Crippen molar-refractivity contribution in [3.05, 3.63) is 64.7 Å². The van der Waals surface area contributed by atoms with E-state index in [1.807, 2.05) is 24.3 Å². The van der Waals surface area contributed by atoms with E-state index in [1.54, 1.807) is 0 Å². The first-order chi connectivity index (χ1) is 12.2. The monoisotopic (exact) mass is 358 g/mol. The quantitative estimate of drug-likeness (QED) is 0.860. The predicted molar refractivity (Wildman–Crippen MR) is 101 cm³/mol. The van der Waals surface area contributed by atoms with Crippen LogP contribution in [0.2, 0.25) is 5.02 Å². The van der Waals surface area contributed by atoms with Crippen LogP contribution in [0.15, 0.2) is 48.5 Å². The lowest BCUT2D eigenvalue weighted by molar-refractivity contribution is -0.121. The molecule has 1 aliphatic rings. The molecule has 1 fully saturated rings. The van der Waals surface area contributed by atoms with Gasteiger partial charge in [-0.25, -0.2) is 0 Å². The van der Waals surface area contributed by atoms with E-state index in [-0.39, 0.29) is 5.91 Å². The molecule has 132 valence electrons. The van der Waals surface area contributed by atoms with Crippen LogP contribution in [-0.2, 0) is 22.5 Å². The number of carbonyl (C=O) groups excluding carboxylic acids is 1. The van der Waals surface area contributed by atoms with E-state index in [0.29, 0.717) is 24.4 Å². The fraction of sp³-hybridized carbons (Fsp3) is 0.350. The number of morpholine rings is 1. The molecule has 1 amide bonds. The molecule has 2 aromatic rings. The maximum atomic E-state index is 12.0. The third kappa shape index (κ3) is 5.48. The number of ether oxygens (including phenoxy) is 1. The van der Waals surface area contributed by atoms with E-state index in [4.69, 9.17) is 16.3 Å². The summed E-state index contributed by atoms with van der Waals surface area (Å²) in [5.74, 6) is 0.0530. The average molecular weight is 359 g/mol. The number of amides is 1. The number of nitrogens with zero attached hydrogens (tertiary/aromatic N) is 1. The molecule has 0 atom stereocenters. The largest absolute Gasteiger partial charge is 0.378 e. The highest BCUT2D eigenvalue weighted by Crippen LogP contribution is 2.17. The molecule has 0 bridgehead atoms. The first kappa shape index (κ1) is 17.8. The van der Waals surface area contributed by atoms with Crippen molar-refractivity contribution in [1.82, 2.24) is 5.32 Å². The Bertz CT molecular complexity index is 697. The molecule has 1 saturated heterocycles. The van der Waals surface area contributed by atoms with Crippen molar-refractivity contribution in [3.8, 4) is 0 Å². The van der Waals surface area contributed by atoms with Gasteiger partial charge in [-0.05, 0) is 41.8 Å². The van der Waals surface area contributed by atoms with Crippen LogP contribution < -0.4 is 10.2 Å². The lowest BCUT2D eigenvalue weighted by atomic mass is 10.1. The van der Waals surface area contributed by atoms with Crippen molar-refractivity contribution in [2.75, 3.05) is 31.2 Å². The van der Waals surface area contributed by atoms with Gasteiger partial charge in [0.25, 0.3) is 0 Å². The van der Waals surface area contributed by atoms with E-state index in [9.17, 15) is 4.79 Å². The van der Waals surface area contributed by atoms with Gasteiger partial charge >= 0.3 is 0 Å². The Morgan fingerprint density at radius 1 is 1.08 bits per heavy atom. The van der Waals surface area contributed by atoms with Crippen molar-refractivity contribution in [1.29, 1.82) is 0 Å². The number of carbonyl (C=O) groups is 1. The summed E-state index contributed by atoms with van der Waals surface area (Å²) < 4.78 is 5.37. The Kier molecular flexibility index (Phi) is 6.31. The molecule has 5 heteroatoms. The van der Waals surface area contributed by atoms with Crippen molar-refractivity contribution >= 4 is 23.2 Å². The molecule has 1 N–H and O–H groups in total. The summed E-state index contributed by atoms with van der Waals surface area (Å²) in [7, 11) is 0. The standard InChI is InChI=1S/C20H23ClN2O2/c21-18-3-1-2-16(14-18)6-9-20(24)22-15-17-4-7-19(8-5-17)23-10-12-25-13-11-23/h1-5,7-8,14H,6,9-13,15H2,(H,22,24). The number of hydrogen-bond donors (Lipinski definition) is 1. The Hall–Kier alpha value is -2.04. The van der Waals surface area contributed by atoms with E-state index in [0.717, 1.165) is 37.4 Å². The van der Waals surface area contributed by atoms with Gasteiger partial charge in [0.1, 0.15) is 0 Å². The SMILES string of the molecule is O=C(CCc1cccc(Cl)c1)NCc1ccc(N2CCOCC2)cc1. The second-order valence-corrected chi connectivity index (χ2v) is 6.61. The minimum Gasteiger partial charge on any atom is -0.378 e. The van der Waals surface area contributed by atoms with E-state index in [1.165, 1.54) is 5.69 Å². The molecule has 0 radical (unpaired) electrons. The molecule has 0 spiro atoms. The lowest BCUT2D eigenvalue weighted by Gasteiger charge is -2.28. The molecule has 2 aromatic carbocycles. The molecule has 3 rings (SSSR count). The van der Waals surface area contributed by atoms with Crippen LogP contribution in [0.3, 0.4) is 0 Å². The van der Waals surface area contributed by atoms with Gasteiger partial charge in [-0.3, -0.25) is 4.79 Å². The first-order valence-electron chi connectivity index (χ1n) is 8.63. The predicted octanol–water partition coefficient (Wildman–Crippen LogP) is 3.43. The van der Waals surface area contributed by atoms with Crippen molar-refractivity contribution < 1.29 is 9.53 Å². The minimum atomic E-state index is 0.0530. The number of hydrogen-bond acceptors (Lipinski definition) is 3. The zero-order valence-corrected chi connectivity index (χ0v) is 15.0. The van der Waals surface area contributed by atoms with Gasteiger partial charge in [0.05, 0.1) is 13.2 Å². The maximum Gasteiger partial charge on any atom is 0.220 e. The third-order valence-electron chi connectivity index (χ3n) is 4.33. The molecular formula is C20H23ClN2O2. The van der Waals surface area contributed by atoms with Gasteiger partial charge in [-0.1, -0.05) is 35.9 Å². The number of rotatable bonds is 6. The van der Waals surface area contributed by atoms with Gasteiger partial charge in [-0.2, -0.15) is 0 Å². The summed E-state index contributed by atoms with van der Waals surface area (Å²) >= 11 is 5.96. The molecule has 1 heterocycles. The molecule has 0 unspecified atom stereocenters. The number of benzene rings is 2. The van der Waals surface area contributed by atoms with Crippen LogP contribution in [0.5, 0.6) is 0 Å². The number of aryl methyl sites for hydroxylation is 1. The fourth-order valence-electron chi connectivity index (χ4n) is 2.89. The number of nitrogens with one attached hydrogen (secondary N) is 1. The summed E-state index contributed by atoms with van der Waals surface area (Å²) in [6.07, 6.45) is 1.16. The van der Waals surface area contributed by atoms with Crippen LogP contribution in [0, 0.1) is 0 Å². The Morgan fingerprint density at radius 3 is 2.56 bits per heavy atom. The topological polar surface area (TPSA) is 41.6 Å². The highest BCUT2D eigenvalue weighted by molar-refractivity contribution is 6.30. The summed E-state index contributed by atoms with van der Waals surface area (Å²) in [6.45, 7) is 3.98. The second-order valence-electron chi connectivity index (χ2n) is 6.17. The van der Waals surface area contributed by atoms with E-state index >= 15 is 0 Å². The van der Waals surface area contributed by atoms with Gasteiger partial charge in [0.2, 0.25) is 5.91 Å². The van der Waals surface area contributed by atoms with Crippen LogP contribution in [0.25, 0.3) is 0 Å². The van der Waals surface area contributed by atoms with Crippen molar-refractivity contribution in [2.45, 2.75) is 19.4 Å². The summed E-state index contributed by atoms with van der Waals surface area (Å²) in [4.78, 5) is 14.3. The Balaban J connectivity index is 1.43. The van der Waals surface area contributed by atoms with Gasteiger partial charge in [-0.15, -0.1) is 0 Å². The summed E-state index contributed by atoms with van der Waals surface area (Å²) in [5.41, 5.74) is 3.39. The maximum absolute atomic E-state index is 12.0. The normalized spacial score (nSPS) is 14.4. The highest BCUT2D eigenvalue weighted by atomic mass is 35.5. The van der Waals surface area contributed by atoms with E-state index < -0.39 is 0 Å². The fourth-order valence-corrected chi connectivity index (χ4v) is 3.10. The van der Waals surface area contributed by atoms with E-state index in [2.05, 4.69) is 34.5 Å². The lowest BCUT2D eigenvalue weighted by Crippen LogP contribution is -2.36. The van der Waals surface area contributed by atoms with Crippen molar-refractivity contribution in [2.24, 2.45) is 0 Å². The second kappa shape index (κ2) is 8.88. The Morgan fingerprint density at radius 2 is 1.84 bits per heavy atom. The molecule has 25 heavy (non-hydrogen) atoms. The zero-order valence-electron chi connectivity index (χ0n) is 14.2. The van der Waals surface area contributed by atoms with Gasteiger partial charge < -0.3 is 15.0 Å². The molecule has 0 saturated carbocycles. The first-order valence-corrected chi connectivity index (χ1v) is 9.01. The third-order valence-corrected chi connectivity index (χ3v) is 4.57. The number of anilines is 1. The zero-order chi connectivity index (χ0) is 17.5. The molecule has 4 nitrogen and oxygen atoms in total. The Labute approximate surface area is 153 Å². The van der Waals surface area contributed by atoms with Crippen LogP contribution in [-0.4, -0.2) is 32.2 Å². The summed E-state index contributed by atoms with van der Waals surface area (Å²) in [5, 5.41) is 3.68. The number of halogens is 1. The highest BCUT2D eigenvalue weighted by Gasteiger charge is 2.10. The van der Waals surface area contributed by atoms with Crippen LogP contribution >= 0.6 is 11.6 Å². The molecular weight excluding hydrogens is 336 g/mol. The average Bonchev–Trinajstić information content (AvgIpc) is 2.66. The van der Waals surface area contributed by atoms with Gasteiger partial charge in [0, 0.05) is 36.8 Å². The smallest absolute Gasteiger partial charge is 0.220 e. The van der Waals surface area contributed by atoms with Crippen molar-refractivity contribution in [3.63, 3.8) is 0 Å². The molecule has 1 aliphatic heterocycles. The van der Waals surface area contributed by atoms with Crippen LogP contribution in [0.4, 0.5) is 5.69 Å².